The summed E-state index contributed by atoms with van der Waals surface area (Å²) in [6.45, 7) is 7.50. The minimum atomic E-state index is -0.143. The molecule has 150 valence electrons. The van der Waals surface area contributed by atoms with Crippen molar-refractivity contribution in [3.05, 3.63) is 57.9 Å². The first-order valence-electron chi connectivity index (χ1n) is 9.85. The summed E-state index contributed by atoms with van der Waals surface area (Å²) < 4.78 is 0. The number of aryl methyl sites for hydroxylation is 3. The Labute approximate surface area is 175 Å². The molecule has 0 spiro atoms. The number of hydrogen-bond acceptors (Lipinski definition) is 6. The number of nitrogens with one attached hydrogen (secondary N) is 1. The summed E-state index contributed by atoms with van der Waals surface area (Å²) in [5.41, 5.74) is 8.45. The predicted octanol–water partition coefficient (Wildman–Crippen LogP) is 4.13. The first-order chi connectivity index (χ1) is 14.0. The number of amides is 1. The molecular weight excluding hydrogens is 382 g/mol. The fraction of sp³-hybridized carbons (Fsp3) is 0.364. The maximum absolute atomic E-state index is 12.9. The molecule has 0 unspecified atom stereocenters. The van der Waals surface area contributed by atoms with E-state index in [9.17, 15) is 4.79 Å². The minimum absolute atomic E-state index is 0.0401. The van der Waals surface area contributed by atoms with E-state index in [1.165, 1.54) is 0 Å². The normalized spacial score (nSPS) is 16.9. The van der Waals surface area contributed by atoms with Gasteiger partial charge in [0, 0.05) is 23.2 Å². The number of aromatic nitrogens is 3. The molecule has 1 amide bonds. The van der Waals surface area contributed by atoms with Crippen LogP contribution < -0.4 is 5.32 Å². The van der Waals surface area contributed by atoms with E-state index in [1.54, 1.807) is 11.3 Å². The molecule has 2 aromatic heterocycles. The van der Waals surface area contributed by atoms with E-state index in [0.717, 1.165) is 59.1 Å². The van der Waals surface area contributed by atoms with E-state index in [-0.39, 0.29) is 11.9 Å². The van der Waals surface area contributed by atoms with Crippen LogP contribution in [0, 0.1) is 20.8 Å². The van der Waals surface area contributed by atoms with Gasteiger partial charge in [-0.25, -0.2) is 4.98 Å². The Kier molecular flexibility index (Phi) is 5.69. The fourth-order valence-corrected chi connectivity index (χ4v) is 4.28. The zero-order chi connectivity index (χ0) is 20.4. The maximum Gasteiger partial charge on any atom is 0.241 e. The van der Waals surface area contributed by atoms with Crippen molar-refractivity contribution < 1.29 is 4.79 Å². The third-order valence-corrected chi connectivity index (χ3v) is 6.07. The molecule has 1 fully saturated rings. The summed E-state index contributed by atoms with van der Waals surface area (Å²) in [5, 5.41) is 5.09. The zero-order valence-electron chi connectivity index (χ0n) is 17.0. The number of benzene rings is 1. The fourth-order valence-electron chi connectivity index (χ4n) is 3.72. The largest absolute Gasteiger partial charge is 0.325 e. The van der Waals surface area contributed by atoms with Gasteiger partial charge in [0.25, 0.3) is 0 Å². The van der Waals surface area contributed by atoms with Gasteiger partial charge < -0.3 is 5.32 Å². The van der Waals surface area contributed by atoms with Crippen molar-refractivity contribution in [1.29, 1.82) is 0 Å². The van der Waals surface area contributed by atoms with Gasteiger partial charge in [0.2, 0.25) is 5.91 Å². The number of likely N-dealkylation sites (tertiary alicyclic amines) is 1. The van der Waals surface area contributed by atoms with Gasteiger partial charge >= 0.3 is 0 Å². The van der Waals surface area contributed by atoms with Crippen molar-refractivity contribution in [2.24, 2.45) is 0 Å². The smallest absolute Gasteiger partial charge is 0.241 e. The van der Waals surface area contributed by atoms with E-state index in [2.05, 4.69) is 20.2 Å². The van der Waals surface area contributed by atoms with Crippen molar-refractivity contribution in [3.8, 4) is 11.3 Å². The number of thiazole rings is 1. The average Bonchev–Trinajstić information content (AvgIpc) is 3.39. The summed E-state index contributed by atoms with van der Waals surface area (Å²) in [7, 11) is 0. The molecule has 0 aliphatic carbocycles. The summed E-state index contributed by atoms with van der Waals surface area (Å²) in [6, 6.07) is 7.71. The monoisotopic (exact) mass is 407 g/mol. The molecular formula is C22H25N5OS. The van der Waals surface area contributed by atoms with Crippen LogP contribution in [0.3, 0.4) is 0 Å². The molecule has 29 heavy (non-hydrogen) atoms. The standard InChI is InChI=1S/C22H25N5OS/c1-14-15(2)25-19(16(3)24-14)11-27-10-4-5-21(27)22(28)26-18-8-6-17(7-9-18)20-12-29-13-23-20/h6-9,12-13,21H,4-5,10-11H2,1-3H3,(H,26,28)/t21-/m1/s1. The van der Waals surface area contributed by atoms with Crippen LogP contribution in [0.2, 0.25) is 0 Å². The SMILES string of the molecule is Cc1nc(C)c(CN2CCC[C@@H]2C(=O)Nc2ccc(-c3cscn3)cc2)nc1C. The van der Waals surface area contributed by atoms with Gasteiger partial charge in [-0.3, -0.25) is 19.7 Å². The van der Waals surface area contributed by atoms with Crippen LogP contribution >= 0.6 is 11.3 Å². The highest BCUT2D eigenvalue weighted by Gasteiger charge is 2.31. The Morgan fingerprint density at radius 2 is 1.90 bits per heavy atom. The highest BCUT2D eigenvalue weighted by Crippen LogP contribution is 2.24. The molecule has 3 aromatic rings. The number of hydrogen-bond donors (Lipinski definition) is 1. The lowest BCUT2D eigenvalue weighted by Gasteiger charge is -2.24. The van der Waals surface area contributed by atoms with Gasteiger partial charge in [-0.2, -0.15) is 0 Å². The molecule has 7 heteroatoms. The van der Waals surface area contributed by atoms with Gasteiger partial charge in [-0.1, -0.05) is 12.1 Å². The average molecular weight is 408 g/mol. The van der Waals surface area contributed by atoms with Gasteiger partial charge in [0.05, 0.1) is 40.0 Å². The molecule has 1 aromatic carbocycles. The van der Waals surface area contributed by atoms with Crippen LogP contribution in [0.25, 0.3) is 11.3 Å². The van der Waals surface area contributed by atoms with Gasteiger partial charge in [0.1, 0.15) is 0 Å². The Bertz CT molecular complexity index is 1000. The Morgan fingerprint density at radius 3 is 2.62 bits per heavy atom. The lowest BCUT2D eigenvalue weighted by atomic mass is 10.1. The minimum Gasteiger partial charge on any atom is -0.325 e. The molecule has 1 aliphatic rings. The van der Waals surface area contributed by atoms with Crippen LogP contribution in [0.5, 0.6) is 0 Å². The molecule has 1 atom stereocenters. The second-order valence-corrected chi connectivity index (χ2v) is 8.21. The summed E-state index contributed by atoms with van der Waals surface area (Å²) in [5.74, 6) is 0.0401. The molecule has 1 saturated heterocycles. The number of anilines is 1. The van der Waals surface area contributed by atoms with Crippen molar-refractivity contribution >= 4 is 22.9 Å². The maximum atomic E-state index is 12.9. The highest BCUT2D eigenvalue weighted by atomic mass is 32.1. The third kappa shape index (κ3) is 4.36. The summed E-state index contributed by atoms with van der Waals surface area (Å²) in [6.07, 6.45) is 1.87. The summed E-state index contributed by atoms with van der Waals surface area (Å²) >= 11 is 1.57. The zero-order valence-corrected chi connectivity index (χ0v) is 17.8. The molecule has 0 saturated carbocycles. The first kappa shape index (κ1) is 19.7. The first-order valence-corrected chi connectivity index (χ1v) is 10.8. The van der Waals surface area contributed by atoms with Gasteiger partial charge in [-0.15, -0.1) is 11.3 Å². The van der Waals surface area contributed by atoms with Crippen LogP contribution in [0.1, 0.15) is 35.6 Å². The Morgan fingerprint density at radius 1 is 1.14 bits per heavy atom. The summed E-state index contributed by atoms with van der Waals surface area (Å²) in [4.78, 5) is 28.8. The molecule has 6 nitrogen and oxygen atoms in total. The lowest BCUT2D eigenvalue weighted by Crippen LogP contribution is -2.39. The molecule has 4 rings (SSSR count). The van der Waals surface area contributed by atoms with E-state index in [0.29, 0.717) is 6.54 Å². The van der Waals surface area contributed by atoms with Crippen LogP contribution in [0.15, 0.2) is 35.2 Å². The van der Waals surface area contributed by atoms with Gasteiger partial charge in [0.15, 0.2) is 0 Å². The van der Waals surface area contributed by atoms with E-state index in [1.807, 2.05) is 55.9 Å². The molecule has 1 aliphatic heterocycles. The molecule has 3 heterocycles. The number of carbonyl (C=O) groups excluding carboxylic acids is 1. The highest BCUT2D eigenvalue weighted by molar-refractivity contribution is 7.07. The Hall–Kier alpha value is -2.64. The lowest BCUT2D eigenvalue weighted by molar-refractivity contribution is -0.120. The number of rotatable bonds is 5. The topological polar surface area (TPSA) is 71.0 Å². The van der Waals surface area contributed by atoms with E-state index < -0.39 is 0 Å². The number of nitrogens with zero attached hydrogens (tertiary/aromatic N) is 4. The Balaban J connectivity index is 1.43. The van der Waals surface area contributed by atoms with E-state index >= 15 is 0 Å². The third-order valence-electron chi connectivity index (χ3n) is 5.48. The molecule has 1 N–H and O–H groups in total. The van der Waals surface area contributed by atoms with Crippen LogP contribution in [-0.4, -0.2) is 38.3 Å². The van der Waals surface area contributed by atoms with Crippen molar-refractivity contribution in [2.75, 3.05) is 11.9 Å². The second-order valence-electron chi connectivity index (χ2n) is 7.50. The van der Waals surface area contributed by atoms with Crippen molar-refractivity contribution in [2.45, 2.75) is 46.2 Å². The predicted molar refractivity (Wildman–Crippen MR) is 116 cm³/mol. The van der Waals surface area contributed by atoms with Crippen LogP contribution in [0.4, 0.5) is 5.69 Å². The number of carbonyl (C=O) groups is 1. The molecule has 0 bridgehead atoms. The van der Waals surface area contributed by atoms with Gasteiger partial charge in [-0.05, 0) is 52.3 Å². The van der Waals surface area contributed by atoms with Crippen molar-refractivity contribution in [1.82, 2.24) is 19.9 Å². The molecule has 0 radical (unpaired) electrons. The van der Waals surface area contributed by atoms with Crippen molar-refractivity contribution in [3.63, 3.8) is 0 Å². The second kappa shape index (κ2) is 8.39. The van der Waals surface area contributed by atoms with Crippen LogP contribution in [-0.2, 0) is 11.3 Å². The quantitative estimate of drug-likeness (QED) is 0.689. The van der Waals surface area contributed by atoms with E-state index in [4.69, 9.17) is 4.98 Å².